The summed E-state index contributed by atoms with van der Waals surface area (Å²) >= 11 is 0. The normalized spacial score (nSPS) is 11.2. The predicted octanol–water partition coefficient (Wildman–Crippen LogP) is 1.70. The fraction of sp³-hybridized carbons (Fsp3) is 0.111. The standard InChI is InChI=1S/C18H18N2O7S/c1-26-14-9-11(3-8-16(21)22)10-15(17(14)27-2)28(24,25)20-13-6-4-12(5-7-13)18(19)23/h3-10,20H,1-2H3,(H2,19,23)(H,21,22)/b8-3+. The molecular formula is C18H18N2O7S. The highest BCUT2D eigenvalue weighted by Crippen LogP contribution is 2.36. The van der Waals surface area contributed by atoms with Gasteiger partial charge < -0.3 is 20.3 Å². The fourth-order valence-electron chi connectivity index (χ4n) is 2.33. The summed E-state index contributed by atoms with van der Waals surface area (Å²) in [6.45, 7) is 0. The van der Waals surface area contributed by atoms with Gasteiger partial charge in [-0.05, 0) is 48.0 Å². The van der Waals surface area contributed by atoms with Crippen molar-refractivity contribution in [2.24, 2.45) is 5.73 Å². The van der Waals surface area contributed by atoms with Crippen molar-refractivity contribution in [1.82, 2.24) is 0 Å². The average molecular weight is 406 g/mol. The summed E-state index contributed by atoms with van der Waals surface area (Å²) in [5.74, 6) is -1.76. The molecule has 0 aliphatic heterocycles. The van der Waals surface area contributed by atoms with Crippen molar-refractivity contribution in [3.05, 3.63) is 53.6 Å². The highest BCUT2D eigenvalue weighted by molar-refractivity contribution is 7.92. The third-order valence-corrected chi connectivity index (χ3v) is 4.98. The molecule has 10 heteroatoms. The third-order valence-electron chi connectivity index (χ3n) is 3.60. The number of amides is 1. The van der Waals surface area contributed by atoms with Crippen LogP contribution in [0.15, 0.2) is 47.4 Å². The molecule has 0 heterocycles. The summed E-state index contributed by atoms with van der Waals surface area (Å²) in [5.41, 5.74) is 5.86. The number of nitrogens with one attached hydrogen (secondary N) is 1. The average Bonchev–Trinajstić information content (AvgIpc) is 2.65. The molecule has 0 radical (unpaired) electrons. The van der Waals surface area contributed by atoms with Crippen LogP contribution in [0.1, 0.15) is 15.9 Å². The molecule has 148 valence electrons. The van der Waals surface area contributed by atoms with Gasteiger partial charge in [-0.3, -0.25) is 9.52 Å². The van der Waals surface area contributed by atoms with Crippen LogP contribution in [0, 0.1) is 0 Å². The highest BCUT2D eigenvalue weighted by atomic mass is 32.2. The minimum Gasteiger partial charge on any atom is -0.493 e. The van der Waals surface area contributed by atoms with E-state index in [9.17, 15) is 18.0 Å². The molecule has 0 saturated carbocycles. The SMILES string of the molecule is COc1cc(/C=C/C(=O)O)cc(S(=O)(=O)Nc2ccc(C(N)=O)cc2)c1OC. The number of primary amides is 1. The second-order valence-electron chi connectivity index (χ2n) is 5.47. The zero-order valence-corrected chi connectivity index (χ0v) is 15.8. The van der Waals surface area contributed by atoms with Gasteiger partial charge in [0.1, 0.15) is 4.90 Å². The molecule has 0 aliphatic carbocycles. The maximum Gasteiger partial charge on any atom is 0.328 e. The van der Waals surface area contributed by atoms with E-state index in [0.29, 0.717) is 0 Å². The molecule has 1 amide bonds. The number of carbonyl (C=O) groups excluding carboxylic acids is 1. The van der Waals surface area contributed by atoms with E-state index in [0.717, 1.165) is 6.08 Å². The molecule has 2 aromatic carbocycles. The number of sulfonamides is 1. The van der Waals surface area contributed by atoms with Gasteiger partial charge in [0.2, 0.25) is 5.91 Å². The second-order valence-corrected chi connectivity index (χ2v) is 7.12. The number of benzene rings is 2. The molecule has 0 aliphatic rings. The number of ether oxygens (including phenoxy) is 2. The zero-order valence-electron chi connectivity index (χ0n) is 15.0. The number of rotatable bonds is 8. The molecule has 0 fully saturated rings. The minimum atomic E-state index is -4.14. The Morgan fingerprint density at radius 1 is 1.11 bits per heavy atom. The lowest BCUT2D eigenvalue weighted by molar-refractivity contribution is -0.131. The summed E-state index contributed by atoms with van der Waals surface area (Å²) in [4.78, 5) is 21.6. The number of nitrogens with two attached hydrogens (primary N) is 1. The molecule has 0 spiro atoms. The molecule has 0 atom stereocenters. The molecule has 4 N–H and O–H groups in total. The van der Waals surface area contributed by atoms with Crippen LogP contribution in [0.25, 0.3) is 6.08 Å². The smallest absolute Gasteiger partial charge is 0.328 e. The number of methoxy groups -OCH3 is 2. The number of carboxylic acids is 1. The Balaban J connectivity index is 2.51. The van der Waals surface area contributed by atoms with Gasteiger partial charge in [0.05, 0.1) is 14.2 Å². The molecule has 2 rings (SSSR count). The number of anilines is 1. The Morgan fingerprint density at radius 2 is 1.75 bits per heavy atom. The topological polar surface area (TPSA) is 145 Å². The van der Waals surface area contributed by atoms with Crippen LogP contribution in [-0.2, 0) is 14.8 Å². The van der Waals surface area contributed by atoms with Gasteiger partial charge in [0.15, 0.2) is 11.5 Å². The molecule has 2 aromatic rings. The first-order valence-corrected chi connectivity index (χ1v) is 9.26. The van der Waals surface area contributed by atoms with Gasteiger partial charge in [-0.1, -0.05) is 0 Å². The van der Waals surface area contributed by atoms with Gasteiger partial charge in [-0.25, -0.2) is 13.2 Å². The monoisotopic (exact) mass is 406 g/mol. The highest BCUT2D eigenvalue weighted by Gasteiger charge is 2.24. The minimum absolute atomic E-state index is 0.0452. The van der Waals surface area contributed by atoms with E-state index in [4.69, 9.17) is 20.3 Å². The van der Waals surface area contributed by atoms with Gasteiger partial charge in [-0.15, -0.1) is 0 Å². The molecule has 9 nitrogen and oxygen atoms in total. The van der Waals surface area contributed by atoms with Gasteiger partial charge in [0.25, 0.3) is 10.0 Å². The van der Waals surface area contributed by atoms with Crippen molar-refractivity contribution < 1.29 is 32.6 Å². The Bertz CT molecular complexity index is 1030. The van der Waals surface area contributed by atoms with Crippen LogP contribution < -0.4 is 19.9 Å². The zero-order chi connectivity index (χ0) is 20.9. The van der Waals surface area contributed by atoms with Gasteiger partial charge in [-0.2, -0.15) is 0 Å². The number of aliphatic carboxylic acids is 1. The van der Waals surface area contributed by atoms with E-state index in [-0.39, 0.29) is 33.2 Å². The van der Waals surface area contributed by atoms with Crippen molar-refractivity contribution in [2.45, 2.75) is 4.90 Å². The van der Waals surface area contributed by atoms with Crippen molar-refractivity contribution in [1.29, 1.82) is 0 Å². The first-order chi connectivity index (χ1) is 13.2. The first-order valence-electron chi connectivity index (χ1n) is 7.77. The Hall–Kier alpha value is -3.53. The summed E-state index contributed by atoms with van der Waals surface area (Å²) in [6, 6.07) is 8.22. The van der Waals surface area contributed by atoms with E-state index >= 15 is 0 Å². The third kappa shape index (κ3) is 4.80. The van der Waals surface area contributed by atoms with Crippen molar-refractivity contribution in [3.8, 4) is 11.5 Å². The maximum atomic E-state index is 12.9. The summed E-state index contributed by atoms with van der Waals surface area (Å²) in [7, 11) is -1.52. The van der Waals surface area contributed by atoms with Crippen molar-refractivity contribution in [2.75, 3.05) is 18.9 Å². The molecular weight excluding hydrogens is 388 g/mol. The molecule has 0 bridgehead atoms. The van der Waals surface area contributed by atoms with Crippen molar-refractivity contribution >= 4 is 33.7 Å². The Kier molecular flexibility index (Phi) is 6.26. The molecule has 28 heavy (non-hydrogen) atoms. The van der Waals surface area contributed by atoms with E-state index in [1.54, 1.807) is 0 Å². The van der Waals surface area contributed by atoms with Crippen LogP contribution in [0.2, 0.25) is 0 Å². The van der Waals surface area contributed by atoms with Crippen molar-refractivity contribution in [3.63, 3.8) is 0 Å². The first kappa shape index (κ1) is 20.8. The fourth-order valence-corrected chi connectivity index (χ4v) is 3.60. The lowest BCUT2D eigenvalue weighted by Gasteiger charge is -2.15. The maximum absolute atomic E-state index is 12.9. The van der Waals surface area contributed by atoms with Crippen LogP contribution in [0.3, 0.4) is 0 Å². The summed E-state index contributed by atoms with van der Waals surface area (Å²) in [5, 5.41) is 8.78. The predicted molar refractivity (Wildman–Crippen MR) is 102 cm³/mol. The van der Waals surface area contributed by atoms with Crippen LogP contribution in [0.4, 0.5) is 5.69 Å². The van der Waals surface area contributed by atoms with E-state index < -0.39 is 21.9 Å². The number of hydrogen-bond donors (Lipinski definition) is 3. The summed E-state index contributed by atoms with van der Waals surface area (Å²) in [6.07, 6.45) is 2.10. The Labute approximate surface area is 161 Å². The molecule has 0 unspecified atom stereocenters. The number of carboxylic acid groups (broad SMARTS) is 1. The van der Waals surface area contributed by atoms with Gasteiger partial charge >= 0.3 is 5.97 Å². The van der Waals surface area contributed by atoms with Crippen LogP contribution in [-0.4, -0.2) is 39.6 Å². The van der Waals surface area contributed by atoms with E-state index in [1.807, 2.05) is 0 Å². The second kappa shape index (κ2) is 8.44. The summed E-state index contributed by atoms with van der Waals surface area (Å²) < 4.78 is 38.5. The van der Waals surface area contributed by atoms with Crippen LogP contribution >= 0.6 is 0 Å². The van der Waals surface area contributed by atoms with Crippen LogP contribution in [0.5, 0.6) is 11.5 Å². The lowest BCUT2D eigenvalue weighted by atomic mass is 10.2. The Morgan fingerprint density at radius 3 is 2.25 bits per heavy atom. The molecule has 0 saturated heterocycles. The number of carbonyl (C=O) groups is 2. The molecule has 0 aromatic heterocycles. The van der Waals surface area contributed by atoms with Gasteiger partial charge in [0, 0.05) is 17.3 Å². The number of hydrogen-bond acceptors (Lipinski definition) is 6. The van der Waals surface area contributed by atoms with E-state index in [2.05, 4.69) is 4.72 Å². The van der Waals surface area contributed by atoms with E-state index in [1.165, 1.54) is 56.7 Å². The quantitative estimate of drug-likeness (QED) is 0.566. The largest absolute Gasteiger partial charge is 0.493 e. The lowest BCUT2D eigenvalue weighted by Crippen LogP contribution is -2.15.